The number of pyridine rings is 2. The molecule has 188 valence electrons. The molecule has 2 aromatic heterocycles. The first kappa shape index (κ1) is 23.3. The molecule has 4 heterocycles. The van der Waals surface area contributed by atoms with Crippen LogP contribution in [0.3, 0.4) is 0 Å². The van der Waals surface area contributed by atoms with Gasteiger partial charge in [-0.2, -0.15) is 0 Å². The fraction of sp³-hybridized carbons (Fsp3) is 0.444. The molecule has 3 aliphatic rings. The fourth-order valence-electron chi connectivity index (χ4n) is 6.21. The Bertz CT molecular complexity index is 1500. The Hall–Kier alpha value is -3.14. The van der Waals surface area contributed by atoms with Gasteiger partial charge in [0.25, 0.3) is 5.56 Å². The third kappa shape index (κ3) is 3.26. The van der Waals surface area contributed by atoms with Crippen LogP contribution in [0.25, 0.3) is 22.3 Å². The van der Waals surface area contributed by atoms with Crippen LogP contribution in [0.1, 0.15) is 58.7 Å². The highest BCUT2D eigenvalue weighted by Gasteiger charge is 2.37. The van der Waals surface area contributed by atoms with Gasteiger partial charge in [-0.25, -0.2) is 14.2 Å². The zero-order valence-corrected chi connectivity index (χ0v) is 20.3. The number of likely N-dealkylation sites (N-methyl/N-ethyl adjacent to an activating group) is 1. The number of carbonyl (C=O) groups is 1. The van der Waals surface area contributed by atoms with Gasteiger partial charge < -0.3 is 24.4 Å². The number of ether oxygens (including phenoxy) is 1. The number of benzene rings is 1. The monoisotopic (exact) mass is 493 g/mol. The van der Waals surface area contributed by atoms with Crippen LogP contribution in [0.2, 0.25) is 0 Å². The normalized spacial score (nSPS) is 19.9. The summed E-state index contributed by atoms with van der Waals surface area (Å²) >= 11 is 0. The van der Waals surface area contributed by atoms with Gasteiger partial charge in [0.15, 0.2) is 6.10 Å². The molecule has 1 aliphatic carbocycles. The second-order valence-corrected chi connectivity index (χ2v) is 9.93. The Labute approximate surface area is 206 Å². The summed E-state index contributed by atoms with van der Waals surface area (Å²) in [4.78, 5) is 32.5. The quantitative estimate of drug-likeness (QED) is 0.411. The van der Waals surface area contributed by atoms with Crippen LogP contribution in [0.15, 0.2) is 16.9 Å². The number of aliphatic hydroxyl groups is 2. The lowest BCUT2D eigenvalue weighted by molar-refractivity contribution is -0.157. The molecule has 0 bridgehead atoms. The van der Waals surface area contributed by atoms with Crippen molar-refractivity contribution in [3.8, 4) is 11.4 Å². The van der Waals surface area contributed by atoms with Gasteiger partial charge >= 0.3 is 5.97 Å². The Kier molecular flexibility index (Phi) is 5.47. The summed E-state index contributed by atoms with van der Waals surface area (Å²) in [6, 6.07) is 3.13. The Morgan fingerprint density at radius 1 is 1.25 bits per heavy atom. The van der Waals surface area contributed by atoms with Gasteiger partial charge in [0.1, 0.15) is 12.4 Å². The van der Waals surface area contributed by atoms with Crippen LogP contribution in [-0.2, 0) is 29.1 Å². The van der Waals surface area contributed by atoms with Crippen molar-refractivity contribution in [1.29, 1.82) is 0 Å². The zero-order chi connectivity index (χ0) is 25.3. The number of aryl methyl sites for hydroxylation is 1. The van der Waals surface area contributed by atoms with E-state index in [4.69, 9.17) is 9.72 Å². The molecule has 0 saturated carbocycles. The lowest BCUT2D eigenvalue weighted by atomic mass is 9.78. The third-order valence-corrected chi connectivity index (χ3v) is 8.11. The van der Waals surface area contributed by atoms with E-state index in [9.17, 15) is 24.2 Å². The molecule has 6 rings (SSSR count). The van der Waals surface area contributed by atoms with Crippen LogP contribution >= 0.6 is 0 Å². The number of esters is 1. The number of cyclic esters (lactones) is 1. The average molecular weight is 494 g/mol. The first-order valence-electron chi connectivity index (χ1n) is 12.4. The number of fused-ring (bicyclic) bond motifs is 5. The summed E-state index contributed by atoms with van der Waals surface area (Å²) in [6.07, 6.45) is 0.0428. The van der Waals surface area contributed by atoms with Crippen LogP contribution in [-0.4, -0.2) is 56.9 Å². The molecule has 3 aromatic rings. The first-order chi connectivity index (χ1) is 17.3. The number of hydrogen-bond donors (Lipinski definition) is 2. The van der Waals surface area contributed by atoms with Gasteiger partial charge in [0.2, 0.25) is 0 Å². The predicted molar refractivity (Wildman–Crippen MR) is 130 cm³/mol. The molecule has 2 aliphatic heterocycles. The summed E-state index contributed by atoms with van der Waals surface area (Å²) in [6.45, 7) is 6.18. The molecule has 2 atom stereocenters. The highest BCUT2D eigenvalue weighted by atomic mass is 19.1. The zero-order valence-electron chi connectivity index (χ0n) is 20.3. The number of aromatic nitrogens is 2. The molecular formula is C27H28FN3O5. The standard InChI is InChI=1S/C27H28FN3O5/c1-3-30(6-7-32)10-14-4-5-15-13(2)19(28)9-20-23(15)22(14)17-11-31-21(24(17)29-20)8-16-18(26(31)34)12-36-27(35)25(16)33/h8-9,14,25,32-33H,3-7,10-12H2,1-2H3/t14-,25?/m0/s1. The van der Waals surface area contributed by atoms with E-state index >= 15 is 0 Å². The molecular weight excluding hydrogens is 465 g/mol. The summed E-state index contributed by atoms with van der Waals surface area (Å²) in [5.41, 5.74) is 5.50. The minimum Gasteiger partial charge on any atom is -0.458 e. The molecule has 0 fully saturated rings. The van der Waals surface area contributed by atoms with Crippen LogP contribution in [0.5, 0.6) is 0 Å². The molecule has 1 aromatic carbocycles. The van der Waals surface area contributed by atoms with Crippen molar-refractivity contribution in [2.24, 2.45) is 0 Å². The lowest BCUT2D eigenvalue weighted by Crippen LogP contribution is -2.33. The molecule has 8 nitrogen and oxygen atoms in total. The van der Waals surface area contributed by atoms with E-state index in [-0.39, 0.29) is 41.6 Å². The fourth-order valence-corrected chi connectivity index (χ4v) is 6.21. The van der Waals surface area contributed by atoms with Crippen molar-refractivity contribution in [3.05, 3.63) is 61.7 Å². The van der Waals surface area contributed by atoms with E-state index in [1.807, 2.05) is 0 Å². The summed E-state index contributed by atoms with van der Waals surface area (Å²) < 4.78 is 21.6. The van der Waals surface area contributed by atoms with E-state index in [2.05, 4.69) is 11.8 Å². The molecule has 9 heteroatoms. The van der Waals surface area contributed by atoms with Gasteiger partial charge in [-0.3, -0.25) is 4.79 Å². The van der Waals surface area contributed by atoms with Gasteiger partial charge in [-0.15, -0.1) is 0 Å². The first-order valence-corrected chi connectivity index (χ1v) is 12.4. The molecule has 0 amide bonds. The number of rotatable bonds is 5. The van der Waals surface area contributed by atoms with Gasteiger partial charge in [0.05, 0.1) is 35.6 Å². The molecule has 1 unspecified atom stereocenters. The number of nitrogens with zero attached hydrogens (tertiary/aromatic N) is 3. The van der Waals surface area contributed by atoms with E-state index in [0.717, 1.165) is 48.0 Å². The Morgan fingerprint density at radius 3 is 2.81 bits per heavy atom. The number of halogens is 1. The minimum absolute atomic E-state index is 0.0703. The molecule has 2 N–H and O–H groups in total. The Morgan fingerprint density at radius 2 is 2.06 bits per heavy atom. The van der Waals surface area contributed by atoms with Crippen molar-refractivity contribution >= 4 is 16.9 Å². The molecule has 36 heavy (non-hydrogen) atoms. The maximum Gasteiger partial charge on any atom is 0.340 e. The average Bonchev–Trinajstić information content (AvgIpc) is 3.24. The van der Waals surface area contributed by atoms with Gasteiger partial charge in [-0.1, -0.05) is 6.92 Å². The van der Waals surface area contributed by atoms with E-state index in [1.54, 1.807) is 17.6 Å². The lowest BCUT2D eigenvalue weighted by Gasteiger charge is -2.32. The van der Waals surface area contributed by atoms with Crippen LogP contribution < -0.4 is 5.56 Å². The second-order valence-electron chi connectivity index (χ2n) is 9.93. The largest absolute Gasteiger partial charge is 0.458 e. The third-order valence-electron chi connectivity index (χ3n) is 8.11. The highest BCUT2D eigenvalue weighted by Crippen LogP contribution is 2.46. The Balaban J connectivity index is 1.61. The smallest absolute Gasteiger partial charge is 0.340 e. The molecule has 0 radical (unpaired) electrons. The van der Waals surface area contributed by atoms with E-state index in [0.29, 0.717) is 35.6 Å². The summed E-state index contributed by atoms with van der Waals surface area (Å²) in [5, 5.41) is 20.9. The summed E-state index contributed by atoms with van der Waals surface area (Å²) in [7, 11) is 0. The maximum absolute atomic E-state index is 14.9. The SMILES string of the molecule is CCN(CCO)C[C@@H]1CCc2c(C)c(F)cc3nc4c(c1c23)Cn1c-4cc2c(c1=O)COC(=O)C2O. The van der Waals surface area contributed by atoms with Crippen molar-refractivity contribution in [2.45, 2.75) is 51.9 Å². The summed E-state index contributed by atoms with van der Waals surface area (Å²) in [5.74, 6) is -0.954. The van der Waals surface area contributed by atoms with Crippen molar-refractivity contribution in [3.63, 3.8) is 0 Å². The number of hydrogen-bond acceptors (Lipinski definition) is 7. The van der Waals surface area contributed by atoms with E-state index in [1.165, 1.54) is 6.07 Å². The van der Waals surface area contributed by atoms with Crippen LogP contribution in [0, 0.1) is 12.7 Å². The predicted octanol–water partition coefficient (Wildman–Crippen LogP) is 2.31. The van der Waals surface area contributed by atoms with Gasteiger partial charge in [0, 0.05) is 35.7 Å². The van der Waals surface area contributed by atoms with Crippen LogP contribution in [0.4, 0.5) is 4.39 Å². The van der Waals surface area contributed by atoms with Crippen molar-refractivity contribution in [2.75, 3.05) is 26.2 Å². The van der Waals surface area contributed by atoms with Gasteiger partial charge in [-0.05, 0) is 55.0 Å². The topological polar surface area (TPSA) is 105 Å². The molecule has 0 spiro atoms. The maximum atomic E-state index is 14.9. The highest BCUT2D eigenvalue weighted by molar-refractivity contribution is 5.93. The number of aliphatic hydroxyl groups excluding tert-OH is 2. The minimum atomic E-state index is -1.52. The van der Waals surface area contributed by atoms with Crippen molar-refractivity contribution in [1.82, 2.24) is 14.5 Å². The second kappa shape index (κ2) is 8.47. The van der Waals surface area contributed by atoms with Crippen molar-refractivity contribution < 1.29 is 24.1 Å². The molecule has 0 saturated heterocycles. The number of carbonyl (C=O) groups excluding carboxylic acids is 1. The van der Waals surface area contributed by atoms with E-state index < -0.39 is 12.1 Å².